The topological polar surface area (TPSA) is 29.3 Å². The molecular weight excluding hydrogens is 641 g/mol. The van der Waals surface area contributed by atoms with Gasteiger partial charge in [0.1, 0.15) is 16.2 Å². The smallest absolute Gasteiger partial charge is 0.137 e. The molecule has 51 heavy (non-hydrogen) atoms. The Balaban J connectivity index is 1.23. The molecule has 0 saturated carbocycles. The second kappa shape index (κ2) is 11.0. The molecule has 1 aliphatic rings. The summed E-state index contributed by atoms with van der Waals surface area (Å²) in [7, 11) is 0. The fraction of sp³-hybridized carbons (Fsp3) is 0. The third-order valence-corrected chi connectivity index (χ3v) is 11.4. The van der Waals surface area contributed by atoms with Gasteiger partial charge in [0.15, 0.2) is 0 Å². The van der Waals surface area contributed by atoms with Crippen molar-refractivity contribution in [3.63, 3.8) is 0 Å². The van der Waals surface area contributed by atoms with E-state index in [1.165, 1.54) is 48.7 Å². The summed E-state index contributed by atoms with van der Waals surface area (Å²) in [6.45, 7) is 0. The zero-order valence-corrected chi connectivity index (χ0v) is 28.2. The summed E-state index contributed by atoms with van der Waals surface area (Å²) >= 11 is 1.78. The first-order valence-corrected chi connectivity index (χ1v) is 18.0. The number of thiazole rings is 1. The lowest BCUT2D eigenvalue weighted by atomic mass is 9.93. The van der Waals surface area contributed by atoms with Crippen LogP contribution in [-0.2, 0) is 0 Å². The molecule has 11 rings (SSSR count). The Labute approximate surface area is 298 Å². The van der Waals surface area contributed by atoms with E-state index in [4.69, 9.17) is 9.40 Å². The minimum absolute atomic E-state index is 0.863. The third kappa shape index (κ3) is 4.27. The van der Waals surface area contributed by atoms with Crippen LogP contribution in [-0.4, -0.2) is 4.98 Å². The summed E-state index contributed by atoms with van der Waals surface area (Å²) in [4.78, 5) is 9.09. The van der Waals surface area contributed by atoms with Crippen molar-refractivity contribution < 1.29 is 4.42 Å². The third-order valence-electron chi connectivity index (χ3n) is 10.2. The van der Waals surface area contributed by atoms with E-state index in [2.05, 4.69) is 163 Å². The zero-order chi connectivity index (χ0) is 33.5. The molecular formula is C47H28N2OS. The number of fused-ring (bicyclic) bond motifs is 8. The average Bonchev–Trinajstić information content (AvgIpc) is 3.89. The number of benzene rings is 8. The maximum absolute atomic E-state index is 6.49. The molecule has 0 radical (unpaired) electrons. The number of para-hydroxylation sites is 1. The standard InChI is InChI=1S/C47H28N2OS/c1-3-12-29(13-4-1)30-22-24-32(25-23-30)49(33-26-27-36-35-17-9-10-21-40(35)50-41(36)28-33)45-38-18-8-7-16-34(38)37-19-11-20-39-42(37)43(45)44-46(39)51-47(48-44)31-14-5-2-6-15-31/h1-28H. The summed E-state index contributed by atoms with van der Waals surface area (Å²) < 4.78 is 6.49. The van der Waals surface area contributed by atoms with Crippen molar-refractivity contribution in [2.75, 3.05) is 4.90 Å². The van der Waals surface area contributed by atoms with Crippen LogP contribution < -0.4 is 4.90 Å². The predicted molar refractivity (Wildman–Crippen MR) is 214 cm³/mol. The first-order valence-electron chi connectivity index (χ1n) is 17.2. The van der Waals surface area contributed by atoms with Crippen molar-refractivity contribution in [2.24, 2.45) is 0 Å². The molecule has 1 aliphatic carbocycles. The maximum Gasteiger partial charge on any atom is 0.137 e. The quantitative estimate of drug-likeness (QED) is 0.171. The lowest BCUT2D eigenvalue weighted by Crippen LogP contribution is -2.12. The van der Waals surface area contributed by atoms with Crippen LogP contribution in [0.25, 0.3) is 86.9 Å². The molecule has 0 bridgehead atoms. The monoisotopic (exact) mass is 668 g/mol. The van der Waals surface area contributed by atoms with Gasteiger partial charge < -0.3 is 9.32 Å². The van der Waals surface area contributed by atoms with E-state index in [0.717, 1.165) is 55.3 Å². The Hall–Kier alpha value is -6.49. The highest BCUT2D eigenvalue weighted by Crippen LogP contribution is 2.58. The Morgan fingerprint density at radius 3 is 1.90 bits per heavy atom. The van der Waals surface area contributed by atoms with Gasteiger partial charge in [-0.15, -0.1) is 11.3 Å². The fourth-order valence-electron chi connectivity index (χ4n) is 7.95. The van der Waals surface area contributed by atoms with Crippen LogP contribution in [0, 0.1) is 0 Å². The minimum Gasteiger partial charge on any atom is -0.456 e. The van der Waals surface area contributed by atoms with Crippen LogP contribution in [0.15, 0.2) is 174 Å². The molecule has 238 valence electrons. The molecule has 3 nitrogen and oxygen atoms in total. The van der Waals surface area contributed by atoms with E-state index in [1.807, 2.05) is 12.1 Å². The van der Waals surface area contributed by atoms with E-state index in [0.29, 0.717) is 0 Å². The number of hydrogen-bond donors (Lipinski definition) is 0. The van der Waals surface area contributed by atoms with E-state index in [-0.39, 0.29) is 0 Å². The highest BCUT2D eigenvalue weighted by molar-refractivity contribution is 7.19. The number of hydrogen-bond acceptors (Lipinski definition) is 4. The number of aromatic nitrogens is 1. The predicted octanol–water partition coefficient (Wildman–Crippen LogP) is 13.8. The number of furan rings is 1. The molecule has 10 aromatic rings. The number of rotatable bonds is 5. The molecule has 2 heterocycles. The molecule has 0 amide bonds. The second-order valence-corrected chi connectivity index (χ2v) is 14.1. The van der Waals surface area contributed by atoms with Gasteiger partial charge in [-0.1, -0.05) is 133 Å². The molecule has 2 aromatic heterocycles. The summed E-state index contributed by atoms with van der Waals surface area (Å²) in [5.74, 6) is 0. The molecule has 4 heteroatoms. The normalized spacial score (nSPS) is 11.9. The Bertz CT molecular complexity index is 2960. The lowest BCUT2D eigenvalue weighted by Gasteiger charge is -2.29. The van der Waals surface area contributed by atoms with Gasteiger partial charge in [-0.3, -0.25) is 0 Å². The van der Waals surface area contributed by atoms with E-state index in [9.17, 15) is 0 Å². The number of nitrogens with zero attached hydrogens (tertiary/aromatic N) is 2. The van der Waals surface area contributed by atoms with Gasteiger partial charge in [-0.05, 0) is 52.2 Å². The van der Waals surface area contributed by atoms with Crippen LogP contribution in [0.3, 0.4) is 0 Å². The maximum atomic E-state index is 6.49. The van der Waals surface area contributed by atoms with Gasteiger partial charge >= 0.3 is 0 Å². The second-order valence-electron chi connectivity index (χ2n) is 13.1. The minimum atomic E-state index is 0.863. The van der Waals surface area contributed by atoms with Crippen LogP contribution in [0.4, 0.5) is 17.1 Å². The molecule has 0 fully saturated rings. The first kappa shape index (κ1) is 28.4. The molecule has 8 aromatic carbocycles. The molecule has 0 saturated heterocycles. The van der Waals surface area contributed by atoms with Gasteiger partial charge in [0.05, 0.1) is 16.3 Å². The summed E-state index contributed by atoms with van der Waals surface area (Å²) in [5, 5.41) is 8.18. The van der Waals surface area contributed by atoms with Gasteiger partial charge in [0, 0.05) is 55.7 Å². The van der Waals surface area contributed by atoms with Gasteiger partial charge in [-0.25, -0.2) is 4.98 Å². The summed E-state index contributed by atoms with van der Waals surface area (Å²) in [5.41, 5.74) is 11.9. The van der Waals surface area contributed by atoms with E-state index in [1.54, 1.807) is 11.3 Å². The highest BCUT2D eigenvalue weighted by Gasteiger charge is 2.33. The largest absolute Gasteiger partial charge is 0.456 e. The molecule has 0 spiro atoms. The van der Waals surface area contributed by atoms with Crippen molar-refractivity contribution in [3.05, 3.63) is 170 Å². The van der Waals surface area contributed by atoms with Crippen molar-refractivity contribution in [3.8, 4) is 43.4 Å². The summed E-state index contributed by atoms with van der Waals surface area (Å²) in [6, 6.07) is 60.5. The molecule has 0 N–H and O–H groups in total. The SMILES string of the molecule is c1ccc(-c2ccc(N(c3ccc4c(c3)oc3ccccc34)c3c4c5c(cccc5c5ccccc35)-c3sc(-c5ccccc5)nc3-4)cc2)cc1. The van der Waals surface area contributed by atoms with Crippen LogP contribution in [0.2, 0.25) is 0 Å². The van der Waals surface area contributed by atoms with E-state index < -0.39 is 0 Å². The van der Waals surface area contributed by atoms with Crippen molar-refractivity contribution in [1.29, 1.82) is 0 Å². The Morgan fingerprint density at radius 1 is 0.471 bits per heavy atom. The van der Waals surface area contributed by atoms with Crippen molar-refractivity contribution >= 4 is 71.9 Å². The summed E-state index contributed by atoms with van der Waals surface area (Å²) in [6.07, 6.45) is 0. The highest BCUT2D eigenvalue weighted by atomic mass is 32.1. The molecule has 0 aliphatic heterocycles. The molecule has 0 atom stereocenters. The van der Waals surface area contributed by atoms with Crippen molar-refractivity contribution in [1.82, 2.24) is 4.98 Å². The zero-order valence-electron chi connectivity index (χ0n) is 27.4. The van der Waals surface area contributed by atoms with Crippen molar-refractivity contribution in [2.45, 2.75) is 0 Å². The Morgan fingerprint density at radius 2 is 1.10 bits per heavy atom. The molecule has 0 unspecified atom stereocenters. The lowest BCUT2D eigenvalue weighted by molar-refractivity contribution is 0.669. The fourth-order valence-corrected chi connectivity index (χ4v) is 9.06. The van der Waals surface area contributed by atoms with Gasteiger partial charge in [-0.2, -0.15) is 0 Å². The van der Waals surface area contributed by atoms with E-state index >= 15 is 0 Å². The van der Waals surface area contributed by atoms with Gasteiger partial charge in [0.25, 0.3) is 0 Å². The number of anilines is 3. The Kier molecular flexibility index (Phi) is 6.12. The van der Waals surface area contributed by atoms with Crippen LogP contribution in [0.5, 0.6) is 0 Å². The van der Waals surface area contributed by atoms with Crippen LogP contribution in [0.1, 0.15) is 0 Å². The average molecular weight is 669 g/mol. The van der Waals surface area contributed by atoms with Crippen LogP contribution >= 0.6 is 11.3 Å². The first-order chi connectivity index (χ1) is 25.3. The van der Waals surface area contributed by atoms with Gasteiger partial charge in [0.2, 0.25) is 0 Å².